The SMILES string of the molecule is COc1ccc(CN(C)CC(=O)Nc2ccc(S(=O)(=O)N(C)C(C)C)cc2)c(OC)c1OC. The van der Waals surface area contributed by atoms with Crippen molar-refractivity contribution in [3.8, 4) is 17.2 Å². The Morgan fingerprint density at radius 2 is 1.55 bits per heavy atom. The summed E-state index contributed by atoms with van der Waals surface area (Å²) in [4.78, 5) is 14.5. The van der Waals surface area contributed by atoms with E-state index in [0.717, 1.165) is 5.56 Å². The summed E-state index contributed by atoms with van der Waals surface area (Å²) in [5, 5.41) is 2.79. The second kappa shape index (κ2) is 11.4. The van der Waals surface area contributed by atoms with Gasteiger partial charge >= 0.3 is 0 Å². The van der Waals surface area contributed by atoms with Crippen LogP contribution in [0.4, 0.5) is 5.69 Å². The van der Waals surface area contributed by atoms with Crippen LogP contribution in [0.15, 0.2) is 41.3 Å². The number of nitrogens with zero attached hydrogens (tertiary/aromatic N) is 2. The van der Waals surface area contributed by atoms with Gasteiger partial charge in [0.25, 0.3) is 0 Å². The molecule has 1 N–H and O–H groups in total. The quantitative estimate of drug-likeness (QED) is 0.529. The van der Waals surface area contributed by atoms with Crippen molar-refractivity contribution in [2.75, 3.05) is 47.3 Å². The maximum Gasteiger partial charge on any atom is 0.243 e. The molecule has 0 aliphatic rings. The summed E-state index contributed by atoms with van der Waals surface area (Å²) in [6.07, 6.45) is 0. The average Bonchev–Trinajstić information content (AvgIpc) is 2.78. The molecule has 2 aromatic rings. The minimum absolute atomic E-state index is 0.119. The zero-order valence-electron chi connectivity index (χ0n) is 20.2. The van der Waals surface area contributed by atoms with Crippen molar-refractivity contribution in [2.45, 2.75) is 31.3 Å². The number of carbonyl (C=O) groups excluding carboxylic acids is 1. The normalized spacial score (nSPS) is 11.7. The van der Waals surface area contributed by atoms with Gasteiger partial charge in [0, 0.05) is 30.9 Å². The molecule has 0 fully saturated rings. The van der Waals surface area contributed by atoms with Crippen LogP contribution < -0.4 is 19.5 Å². The van der Waals surface area contributed by atoms with Crippen LogP contribution in [0.1, 0.15) is 19.4 Å². The number of rotatable bonds is 11. The third-order valence-electron chi connectivity index (χ3n) is 5.18. The fourth-order valence-electron chi connectivity index (χ4n) is 3.23. The monoisotopic (exact) mass is 479 g/mol. The van der Waals surface area contributed by atoms with Gasteiger partial charge in [-0.25, -0.2) is 8.42 Å². The van der Waals surface area contributed by atoms with Crippen LogP contribution in [0, 0.1) is 0 Å². The molecule has 2 rings (SSSR count). The fourth-order valence-corrected chi connectivity index (χ4v) is 4.60. The number of hydrogen-bond donors (Lipinski definition) is 1. The van der Waals surface area contributed by atoms with E-state index in [9.17, 15) is 13.2 Å². The van der Waals surface area contributed by atoms with Gasteiger partial charge in [-0.15, -0.1) is 0 Å². The molecular formula is C23H33N3O6S. The van der Waals surface area contributed by atoms with Gasteiger partial charge in [0.1, 0.15) is 0 Å². The van der Waals surface area contributed by atoms with Gasteiger partial charge in [-0.2, -0.15) is 4.31 Å². The maximum absolute atomic E-state index is 12.6. The van der Waals surface area contributed by atoms with Crippen molar-refractivity contribution in [3.63, 3.8) is 0 Å². The highest BCUT2D eigenvalue weighted by atomic mass is 32.2. The summed E-state index contributed by atoms with van der Waals surface area (Å²) >= 11 is 0. The van der Waals surface area contributed by atoms with Gasteiger partial charge in [0.15, 0.2) is 11.5 Å². The first kappa shape index (κ1) is 26.4. The number of ether oxygens (including phenoxy) is 3. The Bertz CT molecular complexity index is 1050. The summed E-state index contributed by atoms with van der Waals surface area (Å²) in [6, 6.07) is 9.63. The molecule has 182 valence electrons. The number of carbonyl (C=O) groups is 1. The largest absolute Gasteiger partial charge is 0.493 e. The van der Waals surface area contributed by atoms with Crippen molar-refractivity contribution in [2.24, 2.45) is 0 Å². The molecule has 2 aromatic carbocycles. The molecule has 0 saturated heterocycles. The summed E-state index contributed by atoms with van der Waals surface area (Å²) in [5.41, 5.74) is 1.36. The lowest BCUT2D eigenvalue weighted by atomic mass is 10.1. The molecule has 33 heavy (non-hydrogen) atoms. The maximum atomic E-state index is 12.6. The Labute approximate surface area is 196 Å². The van der Waals surface area contributed by atoms with Gasteiger partial charge in [-0.05, 0) is 51.2 Å². The molecule has 10 heteroatoms. The van der Waals surface area contributed by atoms with Crippen molar-refractivity contribution < 1.29 is 27.4 Å². The molecule has 0 aliphatic heterocycles. The van der Waals surface area contributed by atoms with Gasteiger partial charge in [-0.3, -0.25) is 9.69 Å². The molecule has 0 saturated carbocycles. The minimum atomic E-state index is -3.57. The van der Waals surface area contributed by atoms with Crippen molar-refractivity contribution in [1.82, 2.24) is 9.21 Å². The molecule has 0 spiro atoms. The number of sulfonamides is 1. The average molecular weight is 480 g/mol. The van der Waals surface area contributed by atoms with Crippen LogP contribution in [0.5, 0.6) is 17.2 Å². The topological polar surface area (TPSA) is 97.4 Å². The van der Waals surface area contributed by atoms with E-state index in [-0.39, 0.29) is 23.4 Å². The molecular weight excluding hydrogens is 446 g/mol. The van der Waals surface area contributed by atoms with E-state index < -0.39 is 10.0 Å². The van der Waals surface area contributed by atoms with Crippen LogP contribution in [0.3, 0.4) is 0 Å². The van der Waals surface area contributed by atoms with E-state index in [1.54, 1.807) is 60.4 Å². The van der Waals surface area contributed by atoms with E-state index in [4.69, 9.17) is 14.2 Å². The Morgan fingerprint density at radius 1 is 0.939 bits per heavy atom. The lowest BCUT2D eigenvalue weighted by Crippen LogP contribution is -2.33. The number of nitrogens with one attached hydrogen (secondary N) is 1. The molecule has 0 atom stereocenters. The molecule has 0 unspecified atom stereocenters. The zero-order chi connectivity index (χ0) is 24.8. The molecule has 0 aromatic heterocycles. The molecule has 9 nitrogen and oxygen atoms in total. The Morgan fingerprint density at radius 3 is 2.06 bits per heavy atom. The number of amides is 1. The van der Waals surface area contributed by atoms with Gasteiger partial charge < -0.3 is 19.5 Å². The Hall–Kier alpha value is -2.82. The number of hydrogen-bond acceptors (Lipinski definition) is 7. The van der Waals surface area contributed by atoms with Crippen LogP contribution in [-0.4, -0.2) is 71.5 Å². The highest BCUT2D eigenvalue weighted by molar-refractivity contribution is 7.89. The summed E-state index contributed by atoms with van der Waals surface area (Å²) in [6.45, 7) is 4.17. The second-order valence-corrected chi connectivity index (χ2v) is 9.85. The molecule has 0 radical (unpaired) electrons. The van der Waals surface area contributed by atoms with Gasteiger partial charge in [-0.1, -0.05) is 6.07 Å². The highest BCUT2D eigenvalue weighted by Crippen LogP contribution is 2.40. The minimum Gasteiger partial charge on any atom is -0.493 e. The standard InChI is InChI=1S/C23H33N3O6S/c1-16(2)26(4)33(28,29)19-11-9-18(10-12-19)24-21(27)15-25(3)14-17-8-13-20(30-5)23(32-7)22(17)31-6/h8-13,16H,14-15H2,1-7H3,(H,24,27). The van der Waals surface area contributed by atoms with E-state index in [2.05, 4.69) is 5.32 Å². The van der Waals surface area contributed by atoms with Gasteiger partial charge in [0.2, 0.25) is 21.7 Å². The van der Waals surface area contributed by atoms with E-state index in [0.29, 0.717) is 29.5 Å². The first-order chi connectivity index (χ1) is 15.5. The lowest BCUT2D eigenvalue weighted by Gasteiger charge is -2.21. The van der Waals surface area contributed by atoms with Gasteiger partial charge in [0.05, 0.1) is 32.8 Å². The van der Waals surface area contributed by atoms with Crippen LogP contribution in [-0.2, 0) is 21.4 Å². The van der Waals surface area contributed by atoms with E-state index in [1.165, 1.54) is 16.4 Å². The van der Waals surface area contributed by atoms with Crippen molar-refractivity contribution in [3.05, 3.63) is 42.0 Å². The predicted molar refractivity (Wildman–Crippen MR) is 128 cm³/mol. The third kappa shape index (κ3) is 6.37. The highest BCUT2D eigenvalue weighted by Gasteiger charge is 2.23. The van der Waals surface area contributed by atoms with Crippen molar-refractivity contribution >= 4 is 21.6 Å². The number of likely N-dealkylation sites (N-methyl/N-ethyl adjacent to an activating group) is 1. The number of methoxy groups -OCH3 is 3. The number of benzene rings is 2. The smallest absolute Gasteiger partial charge is 0.243 e. The van der Waals surface area contributed by atoms with E-state index in [1.807, 2.05) is 18.0 Å². The van der Waals surface area contributed by atoms with Crippen molar-refractivity contribution in [1.29, 1.82) is 0 Å². The molecule has 0 aliphatic carbocycles. The zero-order valence-corrected chi connectivity index (χ0v) is 21.0. The summed E-state index contributed by atoms with van der Waals surface area (Å²) in [7, 11) is 4.43. The van der Waals surface area contributed by atoms with Crippen LogP contribution >= 0.6 is 0 Å². The van der Waals surface area contributed by atoms with E-state index >= 15 is 0 Å². The Balaban J connectivity index is 2.04. The summed E-state index contributed by atoms with van der Waals surface area (Å²) in [5.74, 6) is 1.37. The lowest BCUT2D eigenvalue weighted by molar-refractivity contribution is -0.117. The third-order valence-corrected chi connectivity index (χ3v) is 7.23. The van der Waals surface area contributed by atoms with Crippen LogP contribution in [0.25, 0.3) is 0 Å². The fraction of sp³-hybridized carbons (Fsp3) is 0.435. The van der Waals surface area contributed by atoms with Crippen LogP contribution in [0.2, 0.25) is 0 Å². The summed E-state index contributed by atoms with van der Waals surface area (Å²) < 4.78 is 42.6. The molecule has 0 bridgehead atoms. The predicted octanol–water partition coefficient (Wildman–Crippen LogP) is 2.81. The Kier molecular flexibility index (Phi) is 9.09. The number of anilines is 1. The second-order valence-electron chi connectivity index (χ2n) is 7.85. The first-order valence-electron chi connectivity index (χ1n) is 10.4. The first-order valence-corrected chi connectivity index (χ1v) is 11.8. The molecule has 1 amide bonds. The molecule has 0 heterocycles.